The third-order valence-corrected chi connectivity index (χ3v) is 17.9. The maximum atomic E-state index is 14.6. The number of unbranched alkanes of at least 4 members (excludes halogenated alkanes) is 2. The molecule has 0 aromatic heterocycles. The van der Waals surface area contributed by atoms with Gasteiger partial charge in [0.2, 0.25) is 17.7 Å². The summed E-state index contributed by atoms with van der Waals surface area (Å²) in [7, 11) is -0.683. The van der Waals surface area contributed by atoms with E-state index in [4.69, 9.17) is 23.5 Å². The van der Waals surface area contributed by atoms with Crippen LogP contribution in [0.5, 0.6) is 0 Å². The van der Waals surface area contributed by atoms with Crippen LogP contribution >= 0.6 is 0 Å². The lowest BCUT2D eigenvalue weighted by atomic mass is 9.15. The number of benzene rings is 1. The first-order chi connectivity index (χ1) is 37.0. The van der Waals surface area contributed by atoms with Crippen LogP contribution in [0.3, 0.4) is 0 Å². The first kappa shape index (κ1) is 64.5. The van der Waals surface area contributed by atoms with Crippen LogP contribution in [0.2, 0.25) is 0 Å². The summed E-state index contributed by atoms with van der Waals surface area (Å²) < 4.78 is 30.4. The smallest absolute Gasteiger partial charge is 0.444 e. The van der Waals surface area contributed by atoms with E-state index in [1.54, 1.807) is 60.3 Å². The van der Waals surface area contributed by atoms with E-state index in [1.807, 2.05) is 45.9 Å². The zero-order chi connectivity index (χ0) is 59.4. The van der Waals surface area contributed by atoms with Crippen molar-refractivity contribution in [1.29, 1.82) is 0 Å². The third kappa shape index (κ3) is 15.1. The Balaban J connectivity index is 1.12. The Bertz CT molecular complexity index is 2330. The molecule has 1 aromatic carbocycles. The molecule has 450 valence electrons. The molecule has 6 aliphatic carbocycles. The Morgan fingerprint density at radius 2 is 1.25 bits per heavy atom. The lowest BCUT2D eigenvalue weighted by molar-refractivity contribution is -0.434. The number of likely N-dealkylation sites (tertiary alicyclic amines) is 1. The molecule has 1 unspecified atom stereocenters. The first-order valence-electron chi connectivity index (χ1n) is 29.4. The highest BCUT2D eigenvalue weighted by Gasteiger charge is 2.91. The monoisotopic (exact) mass is 1120 g/mol. The topological polar surface area (TPSA) is 256 Å². The number of rotatable bonds is 24. The van der Waals surface area contributed by atoms with E-state index < -0.39 is 108 Å². The van der Waals surface area contributed by atoms with Gasteiger partial charge in [0, 0.05) is 31.6 Å². The van der Waals surface area contributed by atoms with Crippen LogP contribution in [0.1, 0.15) is 187 Å². The fourth-order valence-electron chi connectivity index (χ4n) is 13.0. The molecule has 8 N–H and O–H groups in total. The zero-order valence-electron chi connectivity index (χ0n) is 51.1. The normalized spacial score (nSPS) is 26.2. The predicted octanol–water partition coefficient (Wildman–Crippen LogP) is 6.89. The van der Waals surface area contributed by atoms with Gasteiger partial charge in [0.25, 0.3) is 0 Å². The van der Waals surface area contributed by atoms with Crippen molar-refractivity contribution in [2.45, 2.75) is 258 Å². The molecule has 21 heteroatoms. The zero-order valence-corrected chi connectivity index (χ0v) is 51.1. The molecular weight excluding hydrogens is 1020 g/mol. The first-order valence-corrected chi connectivity index (χ1v) is 29.4. The molecular formula is C59H99BN8O12. The van der Waals surface area contributed by atoms with Crippen molar-refractivity contribution in [2.75, 3.05) is 26.2 Å². The second-order valence-corrected chi connectivity index (χ2v) is 27.7. The van der Waals surface area contributed by atoms with Crippen molar-refractivity contribution in [2.24, 2.45) is 16.2 Å². The van der Waals surface area contributed by atoms with E-state index in [1.165, 1.54) is 5.56 Å². The molecule has 9 rings (SSSR count). The average molecular weight is 1120 g/mol. The van der Waals surface area contributed by atoms with Crippen LogP contribution < -0.4 is 37.2 Å². The molecule has 80 heavy (non-hydrogen) atoms. The Kier molecular flexibility index (Phi) is 20.2. The van der Waals surface area contributed by atoms with E-state index in [0.29, 0.717) is 45.3 Å². The average Bonchev–Trinajstić information content (AvgIpc) is 3.86. The highest BCUT2D eigenvalue weighted by Crippen LogP contribution is 2.92. The Hall–Kier alpha value is -4.70. The second kappa shape index (κ2) is 25.0. The maximum absolute atomic E-state index is 14.6. The summed E-state index contributed by atoms with van der Waals surface area (Å²) in [6, 6.07) is 5.46. The summed E-state index contributed by atoms with van der Waals surface area (Å²) >= 11 is 0. The van der Waals surface area contributed by atoms with Crippen molar-refractivity contribution in [1.82, 2.24) is 42.1 Å². The lowest BCUT2D eigenvalue weighted by Crippen LogP contribution is -2.88. The molecule has 2 saturated heterocycles. The molecule has 2 heterocycles. The number of amides is 7. The van der Waals surface area contributed by atoms with Gasteiger partial charge in [-0.2, -0.15) is 0 Å². The molecule has 6 saturated carbocycles. The molecule has 8 aliphatic rings. The number of hydrogen-bond donors (Lipinski definition) is 8. The van der Waals surface area contributed by atoms with Crippen molar-refractivity contribution in [3.05, 3.63) is 35.9 Å². The van der Waals surface area contributed by atoms with Gasteiger partial charge in [-0.25, -0.2) is 14.4 Å². The summed E-state index contributed by atoms with van der Waals surface area (Å²) in [4.78, 5) is 83.9. The van der Waals surface area contributed by atoms with Crippen LogP contribution in [0.15, 0.2) is 30.3 Å². The largest absolute Gasteiger partial charge is 0.481 e. The summed E-state index contributed by atoms with van der Waals surface area (Å²) in [5, 5.41) is 32.2. The van der Waals surface area contributed by atoms with Crippen LogP contribution in [0.25, 0.3) is 0 Å². The van der Waals surface area contributed by atoms with Crippen LogP contribution in [-0.4, -0.2) is 150 Å². The number of nitrogens with one attached hydrogen (secondary N) is 7. The number of carbonyl (C=O) groups excluding carboxylic acids is 6. The number of nitrogens with zero attached hydrogens (tertiary/aromatic N) is 1. The highest BCUT2D eigenvalue weighted by atomic mass is 16.7. The number of piperidine rings is 1. The highest BCUT2D eigenvalue weighted by molar-refractivity contribution is 6.47. The molecule has 2 aliphatic heterocycles. The van der Waals surface area contributed by atoms with Gasteiger partial charge in [0.05, 0.1) is 41.4 Å². The molecule has 0 radical (unpaired) electrons. The van der Waals surface area contributed by atoms with Gasteiger partial charge in [0.1, 0.15) is 29.5 Å². The van der Waals surface area contributed by atoms with E-state index in [2.05, 4.69) is 77.0 Å². The molecule has 0 spiro atoms. The SMILES string of the molecule is C[C@H](NC(=O)[C@H](CCCCNC(=O)OC(C)(C)C)NC(O)[C@H](C)NC(=O)[C@@H](NC(=O)[C@H](CCCCNC(=O)OC(C)(C)C)NC(=O)N1CCC(C)(c2ccccc2)CC1)[C@@H](C)OC(C)(C)C)B1O[C@@H]2CC34CC(C3)(C4(C)C)[C@]2(C)O1. The number of alkyl carbamates (subject to hydrolysis) is 2. The van der Waals surface area contributed by atoms with E-state index in [9.17, 15) is 33.9 Å². The third-order valence-electron chi connectivity index (χ3n) is 17.9. The number of aliphatic hydroxyl groups is 1. The standard InChI is InChI=1S/C59H99BN8O12/c1-37(45(69)65-41(26-20-22-30-61-50(74)77-53(7,8)9)46(70)64-39(3)60-79-43-34-58-35-59(36-58,55(58,13)14)57(43,16)80-60)63-48(72)44(38(2)76-52(4,5)6)67-47(71)42(27-21-23-31-62-51(75)78-54(10,11)12)66-49(73)68-32-28-56(15,29-33-68)40-24-18-17-19-25-40/h17-19,24-25,37-39,41-45,65,69H,20-23,26-36H2,1-16H3,(H,61,74)(H,62,75)(H,63,72)(H,64,70)(H,66,73)(H,67,71)/t37-,38+,39-,41-,42-,43+,44-,45?,57+,58?,59?/m0/s1. The molecule has 8 fully saturated rings. The summed E-state index contributed by atoms with van der Waals surface area (Å²) in [6.07, 6.45) is 3.37. The number of ether oxygens (including phenoxy) is 3. The van der Waals surface area contributed by atoms with E-state index in [0.717, 1.165) is 32.1 Å². The quantitative estimate of drug-likeness (QED) is 0.0298. The maximum Gasteiger partial charge on any atom is 0.481 e. The van der Waals surface area contributed by atoms with Gasteiger partial charge in [-0.15, -0.1) is 0 Å². The molecule has 9 atom stereocenters. The Labute approximate surface area is 477 Å². The van der Waals surface area contributed by atoms with Gasteiger partial charge in [-0.3, -0.25) is 19.7 Å². The fraction of sp³-hybridized carbons (Fsp3) is 0.797. The number of hydrogen-bond acceptors (Lipinski definition) is 13. The molecule has 2 bridgehead atoms. The number of aliphatic hydroxyl groups excluding tert-OH is 1. The van der Waals surface area contributed by atoms with E-state index >= 15 is 0 Å². The number of carbonyl (C=O) groups is 6. The molecule has 20 nitrogen and oxygen atoms in total. The summed E-state index contributed by atoms with van der Waals surface area (Å²) in [6.45, 7) is 31.8. The van der Waals surface area contributed by atoms with E-state index in [-0.39, 0.29) is 47.2 Å². The van der Waals surface area contributed by atoms with Crippen molar-refractivity contribution < 1.29 is 57.4 Å². The van der Waals surface area contributed by atoms with Crippen molar-refractivity contribution >= 4 is 43.1 Å². The van der Waals surface area contributed by atoms with Crippen LogP contribution in [0, 0.1) is 16.2 Å². The van der Waals surface area contributed by atoms with Gasteiger partial charge in [-0.05, 0) is 182 Å². The Morgan fingerprint density at radius 3 is 1.77 bits per heavy atom. The number of urea groups is 1. The molecule has 1 aromatic rings. The van der Waals surface area contributed by atoms with Gasteiger partial charge < -0.3 is 65.4 Å². The minimum absolute atomic E-state index is 0.0304. The lowest BCUT2D eigenvalue weighted by Gasteiger charge is -2.90. The Morgan fingerprint density at radius 1 is 0.713 bits per heavy atom. The van der Waals surface area contributed by atoms with Crippen LogP contribution in [-0.2, 0) is 43.3 Å². The predicted molar refractivity (Wildman–Crippen MR) is 306 cm³/mol. The van der Waals surface area contributed by atoms with Gasteiger partial charge in [0.15, 0.2) is 0 Å². The summed E-state index contributed by atoms with van der Waals surface area (Å²) in [5.41, 5.74) is -1.03. The molecule has 7 amide bonds. The minimum Gasteiger partial charge on any atom is -0.444 e. The van der Waals surface area contributed by atoms with Crippen molar-refractivity contribution in [3.63, 3.8) is 0 Å². The van der Waals surface area contributed by atoms with Gasteiger partial charge >= 0.3 is 25.3 Å². The van der Waals surface area contributed by atoms with Crippen LogP contribution in [0.4, 0.5) is 14.4 Å². The summed E-state index contributed by atoms with van der Waals surface area (Å²) in [5.74, 6) is -2.24. The minimum atomic E-state index is -1.46. The van der Waals surface area contributed by atoms with Gasteiger partial charge in [-0.1, -0.05) is 51.1 Å². The fourth-order valence-corrected chi connectivity index (χ4v) is 13.0. The second-order valence-electron chi connectivity index (χ2n) is 27.7. The van der Waals surface area contributed by atoms with Crippen molar-refractivity contribution in [3.8, 4) is 0 Å².